The standard InChI is InChI=1S/C22H26N2O6/c1-4-16-9-11-17(12-10-16)22(15(2)3)23-20(25)13-30-21(26)14-29-19-8-6-5-7-18(19)24(27)28/h5-12,15,22H,4,13-14H2,1-3H3,(H,23,25)/t22-/m1/s1. The van der Waals surface area contributed by atoms with Crippen LogP contribution in [0.1, 0.15) is 37.9 Å². The lowest BCUT2D eigenvalue weighted by atomic mass is 9.95. The highest BCUT2D eigenvalue weighted by molar-refractivity contribution is 5.81. The lowest BCUT2D eigenvalue weighted by Crippen LogP contribution is -2.35. The molecule has 0 fully saturated rings. The van der Waals surface area contributed by atoms with Gasteiger partial charge in [-0.05, 0) is 29.5 Å². The van der Waals surface area contributed by atoms with Gasteiger partial charge in [0.15, 0.2) is 19.0 Å². The summed E-state index contributed by atoms with van der Waals surface area (Å²) in [7, 11) is 0. The van der Waals surface area contributed by atoms with Crippen LogP contribution in [0.4, 0.5) is 5.69 Å². The quantitative estimate of drug-likeness (QED) is 0.362. The summed E-state index contributed by atoms with van der Waals surface area (Å²) in [6, 6.07) is 13.5. The van der Waals surface area contributed by atoms with E-state index in [-0.39, 0.29) is 23.4 Å². The molecule has 2 aromatic carbocycles. The van der Waals surface area contributed by atoms with Crippen LogP contribution in [0, 0.1) is 16.0 Å². The number of rotatable bonds is 10. The van der Waals surface area contributed by atoms with E-state index in [1.165, 1.54) is 23.8 Å². The molecule has 0 heterocycles. The van der Waals surface area contributed by atoms with E-state index in [0.717, 1.165) is 12.0 Å². The zero-order chi connectivity index (χ0) is 22.1. The molecule has 0 unspecified atom stereocenters. The number of aryl methyl sites for hydroxylation is 1. The van der Waals surface area contributed by atoms with Crippen molar-refractivity contribution in [1.29, 1.82) is 0 Å². The maximum atomic E-state index is 12.3. The smallest absolute Gasteiger partial charge is 0.344 e. The van der Waals surface area contributed by atoms with E-state index >= 15 is 0 Å². The zero-order valence-electron chi connectivity index (χ0n) is 17.3. The first kappa shape index (κ1) is 22.9. The third kappa shape index (κ3) is 6.58. The highest BCUT2D eigenvalue weighted by Gasteiger charge is 2.20. The Morgan fingerprint density at radius 3 is 2.33 bits per heavy atom. The number of carbonyl (C=O) groups excluding carboxylic acids is 2. The number of hydrogen-bond donors (Lipinski definition) is 1. The molecule has 0 aliphatic carbocycles. The van der Waals surface area contributed by atoms with Crippen molar-refractivity contribution in [1.82, 2.24) is 5.32 Å². The van der Waals surface area contributed by atoms with Crippen LogP contribution in [-0.4, -0.2) is 30.0 Å². The Morgan fingerprint density at radius 1 is 1.07 bits per heavy atom. The highest BCUT2D eigenvalue weighted by atomic mass is 16.6. The average molecular weight is 414 g/mol. The molecule has 0 spiro atoms. The minimum atomic E-state index is -0.795. The lowest BCUT2D eigenvalue weighted by molar-refractivity contribution is -0.385. The van der Waals surface area contributed by atoms with E-state index in [0.29, 0.717) is 0 Å². The molecule has 0 saturated carbocycles. The number of nitrogens with one attached hydrogen (secondary N) is 1. The summed E-state index contributed by atoms with van der Waals surface area (Å²) in [6.07, 6.45) is 0.934. The van der Waals surface area contributed by atoms with Crippen molar-refractivity contribution in [2.75, 3.05) is 13.2 Å². The number of amides is 1. The van der Waals surface area contributed by atoms with Gasteiger partial charge < -0.3 is 14.8 Å². The summed E-state index contributed by atoms with van der Waals surface area (Å²) >= 11 is 0. The molecular weight excluding hydrogens is 388 g/mol. The Labute approximate surface area is 175 Å². The van der Waals surface area contributed by atoms with E-state index in [4.69, 9.17) is 9.47 Å². The summed E-state index contributed by atoms with van der Waals surface area (Å²) in [5.74, 6) is -1.14. The largest absolute Gasteiger partial charge is 0.475 e. The minimum Gasteiger partial charge on any atom is -0.475 e. The summed E-state index contributed by atoms with van der Waals surface area (Å²) in [6.45, 7) is 5.06. The van der Waals surface area contributed by atoms with Gasteiger partial charge in [-0.15, -0.1) is 0 Å². The fraction of sp³-hybridized carbons (Fsp3) is 0.364. The summed E-state index contributed by atoms with van der Waals surface area (Å²) < 4.78 is 10.1. The maximum Gasteiger partial charge on any atom is 0.344 e. The van der Waals surface area contributed by atoms with Gasteiger partial charge in [0.05, 0.1) is 11.0 Å². The van der Waals surface area contributed by atoms with Crippen molar-refractivity contribution in [2.45, 2.75) is 33.2 Å². The molecule has 1 N–H and O–H groups in total. The second-order valence-electron chi connectivity index (χ2n) is 7.06. The Bertz CT molecular complexity index is 879. The van der Waals surface area contributed by atoms with Crippen molar-refractivity contribution < 1.29 is 24.0 Å². The van der Waals surface area contributed by atoms with Gasteiger partial charge in [-0.1, -0.05) is 57.2 Å². The number of nitro benzene ring substituents is 1. The molecule has 8 heteroatoms. The van der Waals surface area contributed by atoms with Crippen molar-refractivity contribution in [3.8, 4) is 5.75 Å². The molecule has 2 rings (SSSR count). The van der Waals surface area contributed by atoms with Crippen molar-refractivity contribution >= 4 is 17.6 Å². The molecule has 1 amide bonds. The Kier molecular flexibility index (Phi) is 8.34. The number of nitro groups is 1. The number of esters is 1. The van der Waals surface area contributed by atoms with Gasteiger partial charge in [-0.25, -0.2) is 4.79 Å². The van der Waals surface area contributed by atoms with Gasteiger partial charge in [0.25, 0.3) is 5.91 Å². The van der Waals surface area contributed by atoms with E-state index in [1.54, 1.807) is 6.07 Å². The van der Waals surface area contributed by atoms with Crippen molar-refractivity contribution in [3.63, 3.8) is 0 Å². The predicted molar refractivity (Wildman–Crippen MR) is 111 cm³/mol. The molecule has 8 nitrogen and oxygen atoms in total. The molecule has 0 aliphatic heterocycles. The molecule has 1 atom stereocenters. The number of hydrogen-bond acceptors (Lipinski definition) is 6. The third-order valence-electron chi connectivity index (χ3n) is 4.50. The van der Waals surface area contributed by atoms with E-state index < -0.39 is 30.0 Å². The topological polar surface area (TPSA) is 108 Å². The molecule has 0 aromatic heterocycles. The number of para-hydroxylation sites is 2. The second-order valence-corrected chi connectivity index (χ2v) is 7.06. The van der Waals surface area contributed by atoms with E-state index in [9.17, 15) is 19.7 Å². The van der Waals surface area contributed by atoms with Gasteiger partial charge in [0, 0.05) is 6.07 Å². The van der Waals surface area contributed by atoms with Crippen LogP contribution >= 0.6 is 0 Å². The van der Waals surface area contributed by atoms with Crippen LogP contribution < -0.4 is 10.1 Å². The van der Waals surface area contributed by atoms with Gasteiger partial charge in [0.1, 0.15) is 0 Å². The van der Waals surface area contributed by atoms with Crippen LogP contribution in [0.25, 0.3) is 0 Å². The average Bonchev–Trinajstić information content (AvgIpc) is 2.74. The number of nitrogens with zero attached hydrogens (tertiary/aromatic N) is 1. The summed E-state index contributed by atoms with van der Waals surface area (Å²) in [5.41, 5.74) is 1.93. The fourth-order valence-corrected chi connectivity index (χ4v) is 2.87. The van der Waals surface area contributed by atoms with Gasteiger partial charge in [-0.2, -0.15) is 0 Å². The van der Waals surface area contributed by atoms with Gasteiger partial charge >= 0.3 is 11.7 Å². The molecule has 0 saturated heterocycles. The molecule has 30 heavy (non-hydrogen) atoms. The number of benzene rings is 2. The first-order valence-corrected chi connectivity index (χ1v) is 9.71. The SMILES string of the molecule is CCc1ccc([C@H](NC(=O)COC(=O)COc2ccccc2[N+](=O)[O-])C(C)C)cc1. The van der Waals surface area contributed by atoms with E-state index in [1.807, 2.05) is 38.1 Å². The first-order valence-electron chi connectivity index (χ1n) is 9.71. The maximum absolute atomic E-state index is 12.3. The summed E-state index contributed by atoms with van der Waals surface area (Å²) in [4.78, 5) is 34.5. The number of ether oxygens (including phenoxy) is 2. The second kappa shape index (κ2) is 10.9. The predicted octanol–water partition coefficient (Wildman–Crippen LogP) is 3.59. The van der Waals surface area contributed by atoms with Gasteiger partial charge in [0.2, 0.25) is 0 Å². The Morgan fingerprint density at radius 2 is 1.73 bits per heavy atom. The van der Waals surface area contributed by atoms with Crippen molar-refractivity contribution in [3.05, 3.63) is 69.8 Å². The van der Waals surface area contributed by atoms with Crippen LogP contribution in [0.15, 0.2) is 48.5 Å². The molecular formula is C22H26N2O6. The number of carbonyl (C=O) groups is 2. The molecule has 0 bridgehead atoms. The highest BCUT2D eigenvalue weighted by Crippen LogP contribution is 2.25. The van der Waals surface area contributed by atoms with Crippen LogP contribution in [0.3, 0.4) is 0 Å². The molecule has 2 aromatic rings. The van der Waals surface area contributed by atoms with Crippen LogP contribution in [-0.2, 0) is 20.7 Å². The fourth-order valence-electron chi connectivity index (χ4n) is 2.87. The van der Waals surface area contributed by atoms with Crippen LogP contribution in [0.2, 0.25) is 0 Å². The molecule has 0 radical (unpaired) electrons. The molecule has 0 aliphatic rings. The minimum absolute atomic E-state index is 0.0423. The zero-order valence-corrected chi connectivity index (χ0v) is 17.3. The lowest BCUT2D eigenvalue weighted by Gasteiger charge is -2.23. The Hall–Kier alpha value is -3.42. The van der Waals surface area contributed by atoms with Crippen LogP contribution in [0.5, 0.6) is 5.75 Å². The van der Waals surface area contributed by atoms with Crippen molar-refractivity contribution in [2.24, 2.45) is 5.92 Å². The normalized spacial score (nSPS) is 11.6. The molecule has 160 valence electrons. The summed E-state index contributed by atoms with van der Waals surface area (Å²) in [5, 5.41) is 13.8. The first-order chi connectivity index (χ1) is 14.3. The third-order valence-corrected chi connectivity index (χ3v) is 4.50. The Balaban J connectivity index is 1.86. The monoisotopic (exact) mass is 414 g/mol. The van der Waals surface area contributed by atoms with Gasteiger partial charge in [-0.3, -0.25) is 14.9 Å². The van der Waals surface area contributed by atoms with E-state index in [2.05, 4.69) is 12.2 Å².